The predicted octanol–water partition coefficient (Wildman–Crippen LogP) is 3.18. The van der Waals surface area contributed by atoms with Crippen LogP contribution in [0.5, 0.6) is 0 Å². The van der Waals surface area contributed by atoms with Crippen LogP contribution in [0.1, 0.15) is 19.4 Å². The summed E-state index contributed by atoms with van der Waals surface area (Å²) in [6, 6.07) is 7.83. The summed E-state index contributed by atoms with van der Waals surface area (Å²) in [6.07, 6.45) is 0.251. The number of hydrogen-bond acceptors (Lipinski definition) is 3. The van der Waals surface area contributed by atoms with Crippen molar-refractivity contribution in [2.45, 2.75) is 20.0 Å². The van der Waals surface area contributed by atoms with Crippen LogP contribution in [0.2, 0.25) is 0 Å². The maximum absolute atomic E-state index is 8.90. The van der Waals surface area contributed by atoms with Crippen molar-refractivity contribution in [2.24, 2.45) is 0 Å². The highest BCUT2D eigenvalue weighted by Gasteiger charge is 2.04. The smallest absolute Gasteiger partial charge is 0.0992 e. The van der Waals surface area contributed by atoms with Crippen molar-refractivity contribution >= 4 is 21.6 Å². The van der Waals surface area contributed by atoms with Gasteiger partial charge in [0.25, 0.3) is 0 Å². The molecular formula is C13H17BrN2O. The highest BCUT2D eigenvalue weighted by atomic mass is 79.9. The first-order valence-electron chi connectivity index (χ1n) is 5.56. The summed E-state index contributed by atoms with van der Waals surface area (Å²) < 4.78 is 6.42. The van der Waals surface area contributed by atoms with Crippen molar-refractivity contribution in [3.05, 3.63) is 28.2 Å². The minimum absolute atomic E-state index is 0.251. The molecule has 0 aromatic heterocycles. The van der Waals surface area contributed by atoms with Gasteiger partial charge in [0.2, 0.25) is 0 Å². The van der Waals surface area contributed by atoms with Crippen molar-refractivity contribution in [3.63, 3.8) is 0 Å². The van der Waals surface area contributed by atoms with Gasteiger partial charge >= 0.3 is 0 Å². The minimum atomic E-state index is 0.251. The Morgan fingerprint density at radius 2 is 2.12 bits per heavy atom. The van der Waals surface area contributed by atoms with E-state index in [0.717, 1.165) is 16.7 Å². The van der Waals surface area contributed by atoms with Gasteiger partial charge in [-0.15, -0.1) is 0 Å². The van der Waals surface area contributed by atoms with Crippen LogP contribution >= 0.6 is 15.9 Å². The van der Waals surface area contributed by atoms with Crippen LogP contribution in [-0.4, -0.2) is 26.3 Å². The minimum Gasteiger partial charge on any atom is -0.377 e. The molecule has 0 aliphatic carbocycles. The number of anilines is 1. The molecule has 0 spiro atoms. The first kappa shape index (κ1) is 14.0. The second-order valence-corrected chi connectivity index (χ2v) is 5.07. The van der Waals surface area contributed by atoms with Crippen LogP contribution in [0.25, 0.3) is 0 Å². The Bertz CT molecular complexity index is 412. The van der Waals surface area contributed by atoms with E-state index >= 15 is 0 Å². The topological polar surface area (TPSA) is 36.3 Å². The first-order chi connectivity index (χ1) is 8.02. The highest BCUT2D eigenvalue weighted by molar-refractivity contribution is 9.10. The number of hydrogen-bond donors (Lipinski definition) is 0. The van der Waals surface area contributed by atoms with E-state index in [2.05, 4.69) is 26.9 Å². The van der Waals surface area contributed by atoms with Crippen LogP contribution < -0.4 is 4.90 Å². The Labute approximate surface area is 111 Å². The Balaban J connectivity index is 2.65. The van der Waals surface area contributed by atoms with Gasteiger partial charge in [0.05, 0.1) is 24.3 Å². The van der Waals surface area contributed by atoms with Crippen molar-refractivity contribution in [1.82, 2.24) is 0 Å². The lowest BCUT2D eigenvalue weighted by Crippen LogP contribution is -2.23. The molecule has 0 radical (unpaired) electrons. The largest absolute Gasteiger partial charge is 0.377 e. The Morgan fingerprint density at radius 1 is 1.41 bits per heavy atom. The fraction of sp³-hybridized carbons (Fsp3) is 0.462. The fourth-order valence-electron chi connectivity index (χ4n) is 1.41. The van der Waals surface area contributed by atoms with Crippen molar-refractivity contribution < 1.29 is 4.74 Å². The van der Waals surface area contributed by atoms with Gasteiger partial charge in [-0.05, 0) is 32.0 Å². The van der Waals surface area contributed by atoms with Gasteiger partial charge in [0.15, 0.2) is 0 Å². The molecule has 0 saturated heterocycles. The SMILES string of the molecule is CC(C)OCCN(C)c1cc(Br)cc(C#N)c1. The molecular weight excluding hydrogens is 280 g/mol. The summed E-state index contributed by atoms with van der Waals surface area (Å²) in [4.78, 5) is 2.08. The number of ether oxygens (including phenoxy) is 1. The van der Waals surface area contributed by atoms with Gasteiger partial charge in [0, 0.05) is 23.8 Å². The van der Waals surface area contributed by atoms with E-state index < -0.39 is 0 Å². The Hall–Kier alpha value is -1.05. The molecule has 0 heterocycles. The Kier molecular flexibility index (Phi) is 5.46. The van der Waals surface area contributed by atoms with E-state index in [-0.39, 0.29) is 6.10 Å². The van der Waals surface area contributed by atoms with Gasteiger partial charge in [-0.25, -0.2) is 0 Å². The summed E-state index contributed by atoms with van der Waals surface area (Å²) >= 11 is 3.40. The van der Waals surface area contributed by atoms with Crippen LogP contribution in [-0.2, 0) is 4.74 Å². The standard InChI is InChI=1S/C13H17BrN2O/c1-10(2)17-5-4-16(3)13-7-11(9-15)6-12(14)8-13/h6-8,10H,4-5H2,1-3H3. The van der Waals surface area contributed by atoms with E-state index in [4.69, 9.17) is 10.00 Å². The number of likely N-dealkylation sites (N-methyl/N-ethyl adjacent to an activating group) is 1. The van der Waals surface area contributed by atoms with Gasteiger partial charge in [-0.2, -0.15) is 5.26 Å². The molecule has 0 amide bonds. The van der Waals surface area contributed by atoms with E-state index in [1.165, 1.54) is 0 Å². The molecule has 0 saturated carbocycles. The first-order valence-corrected chi connectivity index (χ1v) is 6.35. The van der Waals surface area contributed by atoms with Crippen LogP contribution in [0.3, 0.4) is 0 Å². The molecule has 4 heteroatoms. The van der Waals surface area contributed by atoms with Gasteiger partial charge < -0.3 is 9.64 Å². The second kappa shape index (κ2) is 6.63. The number of benzene rings is 1. The lowest BCUT2D eigenvalue weighted by molar-refractivity contribution is 0.0846. The monoisotopic (exact) mass is 296 g/mol. The molecule has 17 heavy (non-hydrogen) atoms. The van der Waals surface area contributed by atoms with Crippen molar-refractivity contribution in [1.29, 1.82) is 5.26 Å². The predicted molar refractivity (Wildman–Crippen MR) is 73.2 cm³/mol. The maximum Gasteiger partial charge on any atom is 0.0992 e. The number of rotatable bonds is 5. The summed E-state index contributed by atoms with van der Waals surface area (Å²) in [5, 5.41) is 8.90. The summed E-state index contributed by atoms with van der Waals surface area (Å²) in [6.45, 7) is 5.53. The maximum atomic E-state index is 8.90. The molecule has 0 fully saturated rings. The van der Waals surface area contributed by atoms with Crippen molar-refractivity contribution in [3.8, 4) is 6.07 Å². The zero-order chi connectivity index (χ0) is 12.8. The average Bonchev–Trinajstić information content (AvgIpc) is 2.27. The normalized spacial score (nSPS) is 10.4. The second-order valence-electron chi connectivity index (χ2n) is 4.15. The lowest BCUT2D eigenvalue weighted by Gasteiger charge is -2.20. The molecule has 0 bridgehead atoms. The number of nitrogens with zero attached hydrogens (tertiary/aromatic N) is 2. The molecule has 0 aliphatic rings. The zero-order valence-corrected chi connectivity index (χ0v) is 12.0. The van der Waals surface area contributed by atoms with E-state index in [0.29, 0.717) is 12.2 Å². The summed E-state index contributed by atoms with van der Waals surface area (Å²) in [7, 11) is 1.99. The molecule has 3 nitrogen and oxygen atoms in total. The van der Waals surface area contributed by atoms with Crippen LogP contribution in [0.15, 0.2) is 22.7 Å². The van der Waals surface area contributed by atoms with Gasteiger partial charge in [-0.1, -0.05) is 15.9 Å². The lowest BCUT2D eigenvalue weighted by atomic mass is 10.2. The Morgan fingerprint density at radius 3 is 2.71 bits per heavy atom. The van der Waals surface area contributed by atoms with E-state index in [1.54, 1.807) is 0 Å². The number of nitriles is 1. The fourth-order valence-corrected chi connectivity index (χ4v) is 1.89. The average molecular weight is 297 g/mol. The molecule has 0 aliphatic heterocycles. The third kappa shape index (κ3) is 4.76. The molecule has 0 atom stereocenters. The van der Waals surface area contributed by atoms with Crippen LogP contribution in [0, 0.1) is 11.3 Å². The molecule has 0 N–H and O–H groups in total. The third-order valence-corrected chi connectivity index (χ3v) is 2.79. The number of halogens is 1. The third-order valence-electron chi connectivity index (χ3n) is 2.33. The molecule has 1 aromatic carbocycles. The quantitative estimate of drug-likeness (QED) is 0.837. The zero-order valence-electron chi connectivity index (χ0n) is 10.4. The van der Waals surface area contributed by atoms with E-state index in [1.807, 2.05) is 39.1 Å². The van der Waals surface area contributed by atoms with Gasteiger partial charge in [-0.3, -0.25) is 0 Å². The molecule has 0 unspecified atom stereocenters. The summed E-state index contributed by atoms with van der Waals surface area (Å²) in [5.41, 5.74) is 1.68. The van der Waals surface area contributed by atoms with E-state index in [9.17, 15) is 0 Å². The van der Waals surface area contributed by atoms with Crippen molar-refractivity contribution in [2.75, 3.05) is 25.1 Å². The molecule has 1 aromatic rings. The highest BCUT2D eigenvalue weighted by Crippen LogP contribution is 2.21. The summed E-state index contributed by atoms with van der Waals surface area (Å²) in [5.74, 6) is 0. The molecule has 1 rings (SSSR count). The molecule has 92 valence electrons. The van der Waals surface area contributed by atoms with Crippen LogP contribution in [0.4, 0.5) is 5.69 Å². The van der Waals surface area contributed by atoms with Gasteiger partial charge in [0.1, 0.15) is 0 Å².